The van der Waals surface area contributed by atoms with Crippen molar-refractivity contribution in [1.82, 2.24) is 20.3 Å². The molecule has 5 nitrogen and oxygen atoms in total. The van der Waals surface area contributed by atoms with E-state index in [9.17, 15) is 0 Å². The lowest BCUT2D eigenvalue weighted by Crippen LogP contribution is -2.38. The molecule has 0 saturated carbocycles. The first-order valence-electron chi connectivity index (χ1n) is 10.5. The van der Waals surface area contributed by atoms with Gasteiger partial charge in [-0.25, -0.2) is 4.98 Å². The Labute approximate surface area is 188 Å². The number of aromatic nitrogens is 3. The Morgan fingerprint density at radius 3 is 2.68 bits per heavy atom. The molecule has 3 atom stereocenters. The maximum Gasteiger partial charge on any atom is 0.109 e. The molecule has 1 fully saturated rings. The van der Waals surface area contributed by atoms with Crippen LogP contribution < -0.4 is 5.32 Å². The Bertz CT molecular complexity index is 1170. The van der Waals surface area contributed by atoms with E-state index in [4.69, 9.17) is 4.98 Å². The van der Waals surface area contributed by atoms with E-state index >= 15 is 0 Å². The first kappa shape index (κ1) is 21.5. The normalized spacial score (nSPS) is 21.6. The zero-order valence-corrected chi connectivity index (χ0v) is 18.2. The minimum Gasteiger partial charge on any atom is -0.412 e. The molecule has 6 heteroatoms. The van der Waals surface area contributed by atoms with Gasteiger partial charge in [-0.1, -0.05) is 42.5 Å². The first-order chi connectivity index (χ1) is 14.2. The Balaban J connectivity index is 0.00000116. The largest absolute Gasteiger partial charge is 0.412 e. The van der Waals surface area contributed by atoms with E-state index in [0.29, 0.717) is 18.0 Å². The summed E-state index contributed by atoms with van der Waals surface area (Å²) in [6.45, 7) is 2.28. The van der Waals surface area contributed by atoms with Gasteiger partial charge in [0.25, 0.3) is 0 Å². The van der Waals surface area contributed by atoms with Gasteiger partial charge in [0.1, 0.15) is 11.5 Å². The summed E-state index contributed by atoms with van der Waals surface area (Å²) >= 11 is 0. The van der Waals surface area contributed by atoms with Gasteiger partial charge in [0, 0.05) is 24.2 Å². The fraction of sp³-hybridized carbons (Fsp3) is 0.280. The molecule has 0 spiro atoms. The quantitative estimate of drug-likeness (QED) is 0.423. The topological polar surface area (TPSA) is 85.1 Å². The van der Waals surface area contributed by atoms with Crippen molar-refractivity contribution in [3.8, 4) is 22.5 Å². The third-order valence-electron chi connectivity index (χ3n) is 6.57. The van der Waals surface area contributed by atoms with E-state index in [2.05, 4.69) is 64.7 Å². The molecule has 4 aliphatic rings. The summed E-state index contributed by atoms with van der Waals surface area (Å²) in [5, 5.41) is 3.82. The highest BCUT2D eigenvalue weighted by Crippen LogP contribution is 2.40. The van der Waals surface area contributed by atoms with Crippen LogP contribution >= 0.6 is 12.4 Å². The molecule has 0 radical (unpaired) electrons. The van der Waals surface area contributed by atoms with E-state index in [-0.39, 0.29) is 17.9 Å². The highest BCUT2D eigenvalue weighted by atomic mass is 35.5. The summed E-state index contributed by atoms with van der Waals surface area (Å²) < 4.78 is 0. The lowest BCUT2D eigenvalue weighted by Gasteiger charge is -2.35. The van der Waals surface area contributed by atoms with Crippen molar-refractivity contribution >= 4 is 12.4 Å². The maximum atomic E-state index is 4.70. The number of nitrogens with one attached hydrogen (secondary N) is 2. The molecule has 0 aromatic heterocycles. The number of piperidine rings is 1. The third kappa shape index (κ3) is 3.74. The average molecular weight is 435 g/mol. The highest BCUT2D eigenvalue weighted by Gasteiger charge is 2.30. The van der Waals surface area contributed by atoms with E-state index in [1.807, 2.05) is 18.5 Å². The highest BCUT2D eigenvalue weighted by molar-refractivity contribution is 5.85. The molecular formula is C25H27ClN4O. The number of hydrogen-bond acceptors (Lipinski definition) is 3. The number of benzene rings is 2. The summed E-state index contributed by atoms with van der Waals surface area (Å²) in [5.74, 6) is 1.50. The van der Waals surface area contributed by atoms with Crippen LogP contribution in [0.15, 0.2) is 60.9 Å². The SMILES string of the molecule is CC1CC(c2ncc3nccc-3[nH]2)CC(c2ccc3c(c2)Cc2ccccc2-3)N1.Cl.O. The zero-order valence-electron chi connectivity index (χ0n) is 17.4. The predicted molar refractivity (Wildman–Crippen MR) is 126 cm³/mol. The van der Waals surface area contributed by atoms with Crippen LogP contribution in [-0.2, 0) is 6.42 Å². The van der Waals surface area contributed by atoms with E-state index in [1.54, 1.807) is 0 Å². The van der Waals surface area contributed by atoms with Crippen LogP contribution in [0.2, 0.25) is 0 Å². The molecule has 0 bridgehead atoms. The zero-order chi connectivity index (χ0) is 19.4. The number of rotatable bonds is 2. The van der Waals surface area contributed by atoms with Gasteiger partial charge >= 0.3 is 0 Å². The van der Waals surface area contributed by atoms with E-state index in [0.717, 1.165) is 36.5 Å². The van der Waals surface area contributed by atoms with Crippen molar-refractivity contribution in [2.75, 3.05) is 0 Å². The van der Waals surface area contributed by atoms with E-state index in [1.165, 1.54) is 27.8 Å². The second-order valence-electron chi connectivity index (χ2n) is 8.55. The Morgan fingerprint density at radius 2 is 1.77 bits per heavy atom. The van der Waals surface area contributed by atoms with Gasteiger partial charge in [0.15, 0.2) is 0 Å². The Hall–Kier alpha value is -2.73. The van der Waals surface area contributed by atoms with Crippen molar-refractivity contribution in [2.45, 2.75) is 44.2 Å². The van der Waals surface area contributed by atoms with Crippen molar-refractivity contribution in [3.05, 3.63) is 83.4 Å². The molecule has 1 saturated heterocycles. The molecule has 1 aliphatic carbocycles. The van der Waals surface area contributed by atoms with Crippen LogP contribution in [-0.4, -0.2) is 26.5 Å². The number of fused-ring (bicyclic) bond motifs is 4. The molecular weight excluding hydrogens is 408 g/mol. The summed E-state index contributed by atoms with van der Waals surface area (Å²) in [5.41, 5.74) is 9.09. The molecule has 0 amide bonds. The summed E-state index contributed by atoms with van der Waals surface area (Å²) in [4.78, 5) is 12.6. The number of aromatic amines is 1. The molecule has 3 unspecified atom stereocenters. The molecule has 2 aromatic carbocycles. The summed E-state index contributed by atoms with van der Waals surface area (Å²) in [7, 11) is 0. The number of nitrogens with zero attached hydrogens (tertiary/aromatic N) is 2. The van der Waals surface area contributed by atoms with Gasteiger partial charge in [0.2, 0.25) is 0 Å². The number of halogens is 1. The molecule has 6 rings (SSSR count). The minimum atomic E-state index is 0. The average Bonchev–Trinajstić information content (AvgIpc) is 3.36. The molecule has 160 valence electrons. The fourth-order valence-electron chi connectivity index (χ4n) is 5.19. The van der Waals surface area contributed by atoms with Gasteiger partial charge in [-0.3, -0.25) is 4.98 Å². The molecule has 31 heavy (non-hydrogen) atoms. The molecule has 4 N–H and O–H groups in total. The Morgan fingerprint density at radius 1 is 0.935 bits per heavy atom. The van der Waals surface area contributed by atoms with Gasteiger partial charge in [-0.15, -0.1) is 12.4 Å². The number of H-pyrrole nitrogens is 1. The smallest absolute Gasteiger partial charge is 0.109 e. The van der Waals surface area contributed by atoms with Crippen LogP contribution in [0.5, 0.6) is 0 Å². The van der Waals surface area contributed by atoms with Gasteiger partial charge in [0.05, 0.1) is 11.9 Å². The predicted octanol–water partition coefficient (Wildman–Crippen LogP) is 4.67. The molecule has 3 heterocycles. The van der Waals surface area contributed by atoms with Crippen molar-refractivity contribution < 1.29 is 5.48 Å². The lowest BCUT2D eigenvalue weighted by atomic mass is 9.84. The van der Waals surface area contributed by atoms with Crippen molar-refractivity contribution in [3.63, 3.8) is 0 Å². The molecule has 3 aliphatic heterocycles. The monoisotopic (exact) mass is 434 g/mol. The maximum absolute atomic E-state index is 4.70. The summed E-state index contributed by atoms with van der Waals surface area (Å²) in [6.07, 6.45) is 6.93. The lowest BCUT2D eigenvalue weighted by molar-refractivity contribution is 0.299. The standard InChI is InChI=1S/C25H24N4.ClH.H2O/c1-15-10-19(25-27-14-24-22(29-25)8-9-26-24)13-23(28-15)17-6-7-21-18(12-17)11-16-4-2-3-5-20(16)21;;/h2-9,12,14-15,19,23,28H,10-11,13H2,1H3,(H,27,29);1H;1H2. The van der Waals surface area contributed by atoms with Crippen LogP contribution in [0.1, 0.15) is 54.2 Å². The van der Waals surface area contributed by atoms with Crippen LogP contribution in [0, 0.1) is 0 Å². The van der Waals surface area contributed by atoms with Crippen LogP contribution in [0.25, 0.3) is 22.5 Å². The van der Waals surface area contributed by atoms with Gasteiger partial charge < -0.3 is 15.8 Å². The minimum absolute atomic E-state index is 0. The third-order valence-corrected chi connectivity index (χ3v) is 6.57. The van der Waals surface area contributed by atoms with Crippen molar-refractivity contribution in [2.24, 2.45) is 0 Å². The Kier molecular flexibility index (Phi) is 5.84. The van der Waals surface area contributed by atoms with Crippen molar-refractivity contribution in [1.29, 1.82) is 0 Å². The fourth-order valence-corrected chi connectivity index (χ4v) is 5.19. The van der Waals surface area contributed by atoms with Crippen LogP contribution in [0.4, 0.5) is 0 Å². The van der Waals surface area contributed by atoms with Crippen LogP contribution in [0.3, 0.4) is 0 Å². The van der Waals surface area contributed by atoms with Gasteiger partial charge in [-0.2, -0.15) is 0 Å². The second kappa shape index (κ2) is 8.42. The van der Waals surface area contributed by atoms with Gasteiger partial charge in [-0.05, 0) is 60.1 Å². The molecule has 2 aromatic rings. The van der Waals surface area contributed by atoms with E-state index < -0.39 is 0 Å². The first-order valence-corrected chi connectivity index (χ1v) is 10.5. The second-order valence-corrected chi connectivity index (χ2v) is 8.55. The summed E-state index contributed by atoms with van der Waals surface area (Å²) in [6, 6.07) is 18.7. The number of hydrogen-bond donors (Lipinski definition) is 2.